The molecule has 0 spiro atoms. The van der Waals surface area contributed by atoms with Crippen LogP contribution in [-0.2, 0) is 0 Å². The van der Waals surface area contributed by atoms with Crippen LogP contribution in [0.5, 0.6) is 5.88 Å². The number of rotatable bonds is 2. The quantitative estimate of drug-likeness (QED) is 0.850. The largest absolute Gasteiger partial charge is 0.479 e. The molecule has 0 aromatic carbocycles. The maximum Gasteiger partial charge on any atom is 0.407 e. The van der Waals surface area contributed by atoms with E-state index in [1.54, 1.807) is 0 Å². The fourth-order valence-corrected chi connectivity index (χ4v) is 3.43. The summed E-state index contributed by atoms with van der Waals surface area (Å²) in [5.41, 5.74) is 0. The molecule has 2 aliphatic heterocycles. The number of fused-ring (bicyclic) bond motifs is 1. The first-order valence-corrected chi connectivity index (χ1v) is 7.58. The van der Waals surface area contributed by atoms with Gasteiger partial charge in [0.05, 0.1) is 13.2 Å². The highest BCUT2D eigenvalue weighted by molar-refractivity contribution is 9.10. The second-order valence-electron chi connectivity index (χ2n) is 5.24. The molecule has 2 saturated heterocycles. The van der Waals surface area contributed by atoms with Gasteiger partial charge in [0, 0.05) is 19.6 Å². The second kappa shape index (κ2) is 5.63. The van der Waals surface area contributed by atoms with Gasteiger partial charge in [-0.3, -0.25) is 0 Å². The lowest BCUT2D eigenvalue weighted by Gasteiger charge is -2.36. The Morgan fingerprint density at radius 3 is 2.86 bits per heavy atom. The Labute approximate surface area is 130 Å². The van der Waals surface area contributed by atoms with Crippen LogP contribution in [0.4, 0.5) is 10.7 Å². The van der Waals surface area contributed by atoms with Gasteiger partial charge in [-0.25, -0.2) is 4.79 Å². The maximum absolute atomic E-state index is 11.2. The number of methoxy groups -OCH3 is 1. The van der Waals surface area contributed by atoms with Gasteiger partial charge in [0.2, 0.25) is 5.95 Å². The van der Waals surface area contributed by atoms with Crippen molar-refractivity contribution in [1.82, 2.24) is 20.1 Å². The summed E-state index contributed by atoms with van der Waals surface area (Å²) in [5, 5.41) is 17.3. The number of hydrogen-bond donors (Lipinski definition) is 1. The number of piperidine rings is 1. The van der Waals surface area contributed by atoms with Gasteiger partial charge in [-0.2, -0.15) is 4.98 Å². The summed E-state index contributed by atoms with van der Waals surface area (Å²) in [5.74, 6) is 1.36. The third-order valence-corrected chi connectivity index (χ3v) is 4.69. The Morgan fingerprint density at radius 1 is 1.38 bits per heavy atom. The molecule has 1 amide bonds. The standard InChI is InChI=1S/C12H16BrN5O3/c1-21-10-9(13)15-16-11(14-10)18-5-3-7-2-4-17(12(19)20)6-8(7)18/h7-8H,2-6H2,1H3,(H,19,20). The molecule has 1 N–H and O–H groups in total. The molecule has 3 rings (SSSR count). The van der Waals surface area contributed by atoms with Crippen molar-refractivity contribution in [2.24, 2.45) is 5.92 Å². The molecule has 8 nitrogen and oxygen atoms in total. The zero-order chi connectivity index (χ0) is 15.0. The van der Waals surface area contributed by atoms with Crippen molar-refractivity contribution >= 4 is 28.0 Å². The minimum Gasteiger partial charge on any atom is -0.479 e. The van der Waals surface area contributed by atoms with Crippen LogP contribution >= 0.6 is 15.9 Å². The lowest BCUT2D eigenvalue weighted by atomic mass is 9.92. The minimum absolute atomic E-state index is 0.113. The summed E-state index contributed by atoms with van der Waals surface area (Å²) in [6, 6.07) is 0.113. The summed E-state index contributed by atoms with van der Waals surface area (Å²) >= 11 is 3.23. The van der Waals surface area contributed by atoms with E-state index >= 15 is 0 Å². The lowest BCUT2D eigenvalue weighted by Crippen LogP contribution is -2.50. The molecule has 0 radical (unpaired) electrons. The summed E-state index contributed by atoms with van der Waals surface area (Å²) in [4.78, 5) is 19.0. The average molecular weight is 358 g/mol. The van der Waals surface area contributed by atoms with E-state index in [0.29, 0.717) is 35.4 Å². The van der Waals surface area contributed by atoms with Crippen LogP contribution in [0.15, 0.2) is 4.60 Å². The lowest BCUT2D eigenvalue weighted by molar-refractivity contribution is 0.121. The molecular weight excluding hydrogens is 342 g/mol. The molecule has 114 valence electrons. The molecule has 2 aliphatic rings. The van der Waals surface area contributed by atoms with E-state index in [2.05, 4.69) is 31.1 Å². The van der Waals surface area contributed by atoms with E-state index in [1.807, 2.05) is 4.90 Å². The van der Waals surface area contributed by atoms with Crippen molar-refractivity contribution < 1.29 is 14.6 Å². The number of carbonyl (C=O) groups is 1. The number of hydrogen-bond acceptors (Lipinski definition) is 6. The smallest absolute Gasteiger partial charge is 0.407 e. The fraction of sp³-hybridized carbons (Fsp3) is 0.667. The van der Waals surface area contributed by atoms with Crippen molar-refractivity contribution in [2.75, 3.05) is 31.6 Å². The topological polar surface area (TPSA) is 91.7 Å². The van der Waals surface area contributed by atoms with Crippen molar-refractivity contribution in [2.45, 2.75) is 18.9 Å². The molecule has 0 saturated carbocycles. The number of ether oxygens (including phenoxy) is 1. The van der Waals surface area contributed by atoms with Crippen LogP contribution in [-0.4, -0.2) is 64.1 Å². The van der Waals surface area contributed by atoms with Gasteiger partial charge < -0.3 is 19.6 Å². The van der Waals surface area contributed by atoms with Crippen LogP contribution in [0, 0.1) is 5.92 Å². The van der Waals surface area contributed by atoms with Gasteiger partial charge in [-0.15, -0.1) is 10.2 Å². The first kappa shape index (κ1) is 14.3. The number of halogens is 1. The predicted molar refractivity (Wildman–Crippen MR) is 77.5 cm³/mol. The number of anilines is 1. The van der Waals surface area contributed by atoms with Gasteiger partial charge in [0.1, 0.15) is 0 Å². The molecule has 0 bridgehead atoms. The Bertz CT molecular complexity index is 558. The van der Waals surface area contributed by atoms with Gasteiger partial charge >= 0.3 is 6.09 Å². The zero-order valence-electron chi connectivity index (χ0n) is 11.6. The van der Waals surface area contributed by atoms with E-state index in [1.165, 1.54) is 12.0 Å². The molecule has 1 aromatic heterocycles. The molecule has 2 atom stereocenters. The second-order valence-corrected chi connectivity index (χ2v) is 5.99. The van der Waals surface area contributed by atoms with Crippen molar-refractivity contribution in [3.63, 3.8) is 0 Å². The Morgan fingerprint density at radius 2 is 2.14 bits per heavy atom. The van der Waals surface area contributed by atoms with Crippen LogP contribution < -0.4 is 9.64 Å². The highest BCUT2D eigenvalue weighted by atomic mass is 79.9. The summed E-state index contributed by atoms with van der Waals surface area (Å²) in [6.45, 7) is 1.91. The molecular formula is C12H16BrN5O3. The maximum atomic E-state index is 11.2. The zero-order valence-corrected chi connectivity index (χ0v) is 13.2. The third kappa shape index (κ3) is 2.61. The number of amides is 1. The van der Waals surface area contributed by atoms with Gasteiger partial charge in [-0.05, 0) is 34.7 Å². The van der Waals surface area contributed by atoms with E-state index in [9.17, 15) is 9.90 Å². The highest BCUT2D eigenvalue weighted by Crippen LogP contribution is 2.34. The van der Waals surface area contributed by atoms with Crippen LogP contribution in [0.3, 0.4) is 0 Å². The monoisotopic (exact) mass is 357 g/mol. The third-order valence-electron chi connectivity index (χ3n) is 4.19. The van der Waals surface area contributed by atoms with E-state index in [0.717, 1.165) is 19.4 Å². The van der Waals surface area contributed by atoms with E-state index in [-0.39, 0.29) is 6.04 Å². The fourth-order valence-electron chi connectivity index (χ4n) is 3.10. The molecule has 21 heavy (non-hydrogen) atoms. The first-order valence-electron chi connectivity index (χ1n) is 6.79. The molecule has 9 heteroatoms. The normalized spacial score (nSPS) is 24.9. The summed E-state index contributed by atoms with van der Waals surface area (Å²) in [6.07, 6.45) is 1.04. The Kier molecular flexibility index (Phi) is 3.83. The van der Waals surface area contributed by atoms with Gasteiger partial charge in [0.15, 0.2) is 4.60 Å². The average Bonchev–Trinajstić information content (AvgIpc) is 2.90. The van der Waals surface area contributed by atoms with E-state index < -0.39 is 6.09 Å². The number of likely N-dealkylation sites (tertiary alicyclic amines) is 1. The Hall–Kier alpha value is -1.64. The van der Waals surface area contributed by atoms with Crippen LogP contribution in [0.1, 0.15) is 12.8 Å². The first-order chi connectivity index (χ1) is 10.1. The Balaban J connectivity index is 1.84. The number of carboxylic acid groups (broad SMARTS) is 1. The SMILES string of the molecule is COc1nc(N2CCC3CCN(C(=O)O)CC32)nnc1Br. The van der Waals surface area contributed by atoms with Gasteiger partial charge in [0.25, 0.3) is 5.88 Å². The van der Waals surface area contributed by atoms with Crippen molar-refractivity contribution in [3.05, 3.63) is 4.60 Å². The van der Waals surface area contributed by atoms with Crippen molar-refractivity contribution in [1.29, 1.82) is 0 Å². The molecule has 1 aromatic rings. The predicted octanol–water partition coefficient (Wildman–Crippen LogP) is 1.22. The van der Waals surface area contributed by atoms with E-state index in [4.69, 9.17) is 4.74 Å². The minimum atomic E-state index is -0.868. The molecule has 0 aliphatic carbocycles. The van der Waals surface area contributed by atoms with Crippen LogP contribution in [0.2, 0.25) is 0 Å². The number of aromatic nitrogens is 3. The molecule has 2 unspecified atom stereocenters. The van der Waals surface area contributed by atoms with Crippen LogP contribution in [0.25, 0.3) is 0 Å². The number of nitrogens with zero attached hydrogens (tertiary/aromatic N) is 5. The van der Waals surface area contributed by atoms with Crippen molar-refractivity contribution in [3.8, 4) is 5.88 Å². The molecule has 2 fully saturated rings. The highest BCUT2D eigenvalue weighted by Gasteiger charge is 2.41. The van der Waals surface area contributed by atoms with Gasteiger partial charge in [-0.1, -0.05) is 0 Å². The summed E-state index contributed by atoms with van der Waals surface area (Å²) < 4.78 is 5.61. The molecule has 3 heterocycles. The summed E-state index contributed by atoms with van der Waals surface area (Å²) in [7, 11) is 1.53.